The van der Waals surface area contributed by atoms with E-state index < -0.39 is 0 Å². The zero-order valence-corrected chi connectivity index (χ0v) is 11.0. The minimum atomic E-state index is 0.206. The molecule has 1 aromatic heterocycles. The van der Waals surface area contributed by atoms with Crippen molar-refractivity contribution in [2.24, 2.45) is 5.73 Å². The summed E-state index contributed by atoms with van der Waals surface area (Å²) in [5.74, 6) is 0.206. The molecule has 0 aliphatic carbocycles. The van der Waals surface area contributed by atoms with E-state index in [0.717, 1.165) is 26.1 Å². The Bertz CT molecular complexity index is 391. The fourth-order valence-electron chi connectivity index (χ4n) is 2.09. The minimum Gasteiger partial charge on any atom is -0.337 e. The predicted octanol–water partition coefficient (Wildman–Crippen LogP) is 0.523. The lowest BCUT2D eigenvalue weighted by atomic mass is 10.1. The summed E-state index contributed by atoms with van der Waals surface area (Å²) in [7, 11) is 1.94. The van der Waals surface area contributed by atoms with Gasteiger partial charge in [0.15, 0.2) is 0 Å². The van der Waals surface area contributed by atoms with Crippen LogP contribution < -0.4 is 5.73 Å². The lowest BCUT2D eigenvalue weighted by molar-refractivity contribution is -0.133. The molecule has 0 saturated carbocycles. The minimum absolute atomic E-state index is 0.206. The molecule has 2 N–H and O–H groups in total. The van der Waals surface area contributed by atoms with E-state index in [4.69, 9.17) is 5.73 Å². The molecule has 1 aromatic rings. The number of fused-ring (bicyclic) bond motifs is 1. The smallest absolute Gasteiger partial charge is 0.237 e. The number of rotatable bonds is 4. The van der Waals surface area contributed by atoms with Crippen molar-refractivity contribution < 1.29 is 4.79 Å². The second kappa shape index (κ2) is 5.62. The van der Waals surface area contributed by atoms with Gasteiger partial charge in [-0.25, -0.2) is 0 Å². The van der Waals surface area contributed by atoms with Gasteiger partial charge in [-0.2, -0.15) is 0 Å². The molecular weight excluding hydrogens is 234 g/mol. The van der Waals surface area contributed by atoms with Gasteiger partial charge in [-0.05, 0) is 30.5 Å². The van der Waals surface area contributed by atoms with Crippen molar-refractivity contribution in [2.75, 3.05) is 33.2 Å². The molecule has 94 valence electrons. The van der Waals surface area contributed by atoms with E-state index in [1.54, 1.807) is 11.3 Å². The van der Waals surface area contributed by atoms with Crippen molar-refractivity contribution >= 4 is 17.2 Å². The number of nitrogens with two attached hydrogens (primary N) is 1. The highest BCUT2D eigenvalue weighted by Gasteiger charge is 2.21. The summed E-state index contributed by atoms with van der Waals surface area (Å²) in [5, 5.41) is 2.11. The summed E-state index contributed by atoms with van der Waals surface area (Å²) >= 11 is 1.80. The topological polar surface area (TPSA) is 49.6 Å². The van der Waals surface area contributed by atoms with Gasteiger partial charge in [-0.3, -0.25) is 9.69 Å². The first-order chi connectivity index (χ1) is 8.20. The standard InChI is InChI=1S/C12H19N3OS/c1-14(6-4-13)9-12(16)15-5-2-11-10(8-15)3-7-17-11/h3,7H,2,4-6,8-9,13H2,1H3. The van der Waals surface area contributed by atoms with E-state index in [-0.39, 0.29) is 5.91 Å². The quantitative estimate of drug-likeness (QED) is 0.851. The van der Waals surface area contributed by atoms with Crippen molar-refractivity contribution in [3.8, 4) is 0 Å². The van der Waals surface area contributed by atoms with E-state index in [9.17, 15) is 4.79 Å². The number of carbonyl (C=O) groups excluding carboxylic acids is 1. The monoisotopic (exact) mass is 253 g/mol. The number of nitrogens with zero attached hydrogens (tertiary/aromatic N) is 2. The largest absolute Gasteiger partial charge is 0.337 e. The molecule has 0 unspecified atom stereocenters. The fraction of sp³-hybridized carbons (Fsp3) is 0.583. The van der Waals surface area contributed by atoms with Crippen LogP contribution in [0.25, 0.3) is 0 Å². The molecule has 2 rings (SSSR count). The number of carbonyl (C=O) groups is 1. The van der Waals surface area contributed by atoms with Crippen LogP contribution in [0.5, 0.6) is 0 Å². The Morgan fingerprint density at radius 3 is 3.24 bits per heavy atom. The maximum Gasteiger partial charge on any atom is 0.237 e. The third-order valence-electron chi connectivity index (χ3n) is 3.08. The van der Waals surface area contributed by atoms with E-state index in [0.29, 0.717) is 13.1 Å². The molecule has 0 saturated heterocycles. The number of hydrogen-bond acceptors (Lipinski definition) is 4. The van der Waals surface area contributed by atoms with Crippen LogP contribution in [0.2, 0.25) is 0 Å². The summed E-state index contributed by atoms with van der Waals surface area (Å²) < 4.78 is 0. The van der Waals surface area contributed by atoms with Crippen molar-refractivity contribution in [1.29, 1.82) is 0 Å². The number of thiophene rings is 1. The zero-order chi connectivity index (χ0) is 12.3. The Hall–Kier alpha value is -0.910. The Morgan fingerprint density at radius 2 is 2.47 bits per heavy atom. The van der Waals surface area contributed by atoms with Gasteiger partial charge in [0.1, 0.15) is 0 Å². The van der Waals surface area contributed by atoms with Crippen molar-refractivity contribution in [3.63, 3.8) is 0 Å². The molecule has 4 nitrogen and oxygen atoms in total. The number of amides is 1. The number of hydrogen-bond donors (Lipinski definition) is 1. The highest BCUT2D eigenvalue weighted by molar-refractivity contribution is 7.10. The molecule has 1 amide bonds. The van der Waals surface area contributed by atoms with Crippen LogP contribution in [0.15, 0.2) is 11.4 Å². The Kier molecular flexibility index (Phi) is 4.15. The Morgan fingerprint density at radius 1 is 1.65 bits per heavy atom. The van der Waals surface area contributed by atoms with E-state index >= 15 is 0 Å². The van der Waals surface area contributed by atoms with Gasteiger partial charge < -0.3 is 10.6 Å². The summed E-state index contributed by atoms with van der Waals surface area (Å²) in [6.07, 6.45) is 0.999. The van der Waals surface area contributed by atoms with Crippen molar-refractivity contribution in [1.82, 2.24) is 9.80 Å². The average Bonchev–Trinajstić information content (AvgIpc) is 2.75. The third kappa shape index (κ3) is 3.06. The van der Waals surface area contributed by atoms with Crippen LogP contribution >= 0.6 is 11.3 Å². The molecule has 0 spiro atoms. The maximum atomic E-state index is 12.1. The molecular formula is C12H19N3OS. The third-order valence-corrected chi connectivity index (χ3v) is 4.10. The normalized spacial score (nSPS) is 15.1. The molecule has 5 heteroatoms. The summed E-state index contributed by atoms with van der Waals surface area (Å²) in [6, 6.07) is 2.13. The molecule has 0 fully saturated rings. The zero-order valence-electron chi connectivity index (χ0n) is 10.2. The first kappa shape index (κ1) is 12.5. The van der Waals surface area contributed by atoms with Gasteiger partial charge in [0.2, 0.25) is 5.91 Å². The first-order valence-corrected chi connectivity index (χ1v) is 6.80. The van der Waals surface area contributed by atoms with Crippen LogP contribution in [0.3, 0.4) is 0 Å². The van der Waals surface area contributed by atoms with Crippen LogP contribution in [-0.4, -0.2) is 48.9 Å². The lowest BCUT2D eigenvalue weighted by Crippen LogP contribution is -2.42. The van der Waals surface area contributed by atoms with Gasteiger partial charge in [-0.15, -0.1) is 11.3 Å². The summed E-state index contributed by atoms with van der Waals surface area (Å²) in [4.78, 5) is 17.4. The SMILES string of the molecule is CN(CCN)CC(=O)N1CCc2sccc2C1. The van der Waals surface area contributed by atoms with E-state index in [2.05, 4.69) is 11.4 Å². The molecule has 1 aliphatic heterocycles. The Labute approximate surface area is 106 Å². The van der Waals surface area contributed by atoms with Gasteiger partial charge in [-0.1, -0.05) is 0 Å². The fourth-order valence-corrected chi connectivity index (χ4v) is 2.98. The predicted molar refractivity (Wildman–Crippen MR) is 70.0 cm³/mol. The Balaban J connectivity index is 1.90. The van der Waals surface area contributed by atoms with Crippen LogP contribution in [0.1, 0.15) is 10.4 Å². The second-order valence-corrected chi connectivity index (χ2v) is 5.46. The first-order valence-electron chi connectivity index (χ1n) is 5.92. The van der Waals surface area contributed by atoms with Gasteiger partial charge in [0, 0.05) is 31.1 Å². The van der Waals surface area contributed by atoms with Crippen LogP contribution in [0, 0.1) is 0 Å². The molecule has 0 bridgehead atoms. The van der Waals surface area contributed by atoms with Gasteiger partial charge in [0.25, 0.3) is 0 Å². The van der Waals surface area contributed by atoms with Crippen LogP contribution in [0.4, 0.5) is 0 Å². The molecule has 0 aromatic carbocycles. The highest BCUT2D eigenvalue weighted by Crippen LogP contribution is 2.23. The number of likely N-dealkylation sites (N-methyl/N-ethyl adjacent to an activating group) is 1. The molecule has 0 radical (unpaired) electrons. The van der Waals surface area contributed by atoms with E-state index in [1.807, 2.05) is 16.8 Å². The van der Waals surface area contributed by atoms with Gasteiger partial charge >= 0.3 is 0 Å². The van der Waals surface area contributed by atoms with Crippen molar-refractivity contribution in [3.05, 3.63) is 21.9 Å². The molecule has 0 atom stereocenters. The van der Waals surface area contributed by atoms with Crippen LogP contribution in [-0.2, 0) is 17.8 Å². The average molecular weight is 253 g/mol. The molecule has 17 heavy (non-hydrogen) atoms. The molecule has 1 aliphatic rings. The summed E-state index contributed by atoms with van der Waals surface area (Å²) in [5.41, 5.74) is 6.78. The van der Waals surface area contributed by atoms with E-state index in [1.165, 1.54) is 10.4 Å². The summed E-state index contributed by atoms with van der Waals surface area (Å²) in [6.45, 7) is 3.45. The highest BCUT2D eigenvalue weighted by atomic mass is 32.1. The molecule has 2 heterocycles. The maximum absolute atomic E-state index is 12.1. The van der Waals surface area contributed by atoms with Crippen molar-refractivity contribution in [2.45, 2.75) is 13.0 Å². The lowest BCUT2D eigenvalue weighted by Gasteiger charge is -2.28. The van der Waals surface area contributed by atoms with Gasteiger partial charge in [0.05, 0.1) is 6.54 Å². The second-order valence-electron chi connectivity index (χ2n) is 4.46.